The molecule has 3 atom stereocenters. The number of rotatable bonds is 7. The molecular weight excluding hydrogens is 260 g/mol. The summed E-state index contributed by atoms with van der Waals surface area (Å²) < 4.78 is 0. The molecule has 1 aliphatic rings. The fourth-order valence-electron chi connectivity index (χ4n) is 3.27. The fourth-order valence-corrected chi connectivity index (χ4v) is 3.27. The van der Waals surface area contributed by atoms with Crippen LogP contribution in [0.5, 0.6) is 0 Å². The number of aliphatic hydroxyl groups excluding tert-OH is 1. The van der Waals surface area contributed by atoms with Crippen molar-refractivity contribution < 1.29 is 5.11 Å². The Kier molecular flexibility index (Phi) is 7.20. The summed E-state index contributed by atoms with van der Waals surface area (Å²) in [6, 6.07) is 11.6. The highest BCUT2D eigenvalue weighted by Crippen LogP contribution is 2.13. The van der Waals surface area contributed by atoms with Crippen molar-refractivity contribution in [3.05, 3.63) is 35.9 Å². The van der Waals surface area contributed by atoms with E-state index in [4.69, 9.17) is 0 Å². The molecule has 0 radical (unpaired) electrons. The molecule has 1 aromatic carbocycles. The summed E-state index contributed by atoms with van der Waals surface area (Å²) in [5.74, 6) is 0. The van der Waals surface area contributed by atoms with Gasteiger partial charge in [-0.2, -0.15) is 0 Å². The van der Waals surface area contributed by atoms with Crippen molar-refractivity contribution in [3.8, 4) is 0 Å². The molecule has 1 aliphatic heterocycles. The predicted molar refractivity (Wildman–Crippen MR) is 88.5 cm³/mol. The lowest BCUT2D eigenvalue weighted by atomic mass is 10.0. The second-order valence-corrected chi connectivity index (χ2v) is 6.37. The van der Waals surface area contributed by atoms with Crippen LogP contribution >= 0.6 is 0 Å². The zero-order valence-corrected chi connectivity index (χ0v) is 13.2. The summed E-state index contributed by atoms with van der Waals surface area (Å²) in [7, 11) is 0. The summed E-state index contributed by atoms with van der Waals surface area (Å²) in [5.41, 5.74) is 1.28. The highest BCUT2D eigenvalue weighted by Gasteiger charge is 2.17. The van der Waals surface area contributed by atoms with Crippen LogP contribution < -0.4 is 10.6 Å². The molecule has 1 heterocycles. The zero-order chi connectivity index (χ0) is 14.9. The monoisotopic (exact) mass is 290 g/mol. The van der Waals surface area contributed by atoms with E-state index in [0.717, 1.165) is 19.4 Å². The normalized spacial score (nSPS) is 22.5. The van der Waals surface area contributed by atoms with Crippen LogP contribution in [-0.2, 0) is 6.42 Å². The molecular formula is C18H30N2O. The van der Waals surface area contributed by atoms with E-state index in [1.807, 2.05) is 6.07 Å². The minimum atomic E-state index is 0.146. The molecule has 1 fully saturated rings. The average Bonchev–Trinajstić information content (AvgIpc) is 2.76. The van der Waals surface area contributed by atoms with Gasteiger partial charge in [0, 0.05) is 18.1 Å². The predicted octanol–water partition coefficient (Wildman–Crippen LogP) is 2.49. The van der Waals surface area contributed by atoms with Gasteiger partial charge in [0.15, 0.2) is 0 Å². The van der Waals surface area contributed by atoms with Gasteiger partial charge in [0.2, 0.25) is 0 Å². The lowest BCUT2D eigenvalue weighted by Crippen LogP contribution is -2.44. The molecule has 0 bridgehead atoms. The second kappa shape index (κ2) is 9.19. The highest BCUT2D eigenvalue weighted by molar-refractivity contribution is 5.15. The Hall–Kier alpha value is -0.900. The Bertz CT molecular complexity index is 374. The van der Waals surface area contributed by atoms with Crippen LogP contribution in [0.15, 0.2) is 30.3 Å². The summed E-state index contributed by atoms with van der Waals surface area (Å²) in [6.45, 7) is 3.59. The summed E-state index contributed by atoms with van der Waals surface area (Å²) in [4.78, 5) is 0. The number of hydrogen-bond acceptors (Lipinski definition) is 3. The summed E-state index contributed by atoms with van der Waals surface area (Å²) in [5, 5.41) is 16.9. The summed E-state index contributed by atoms with van der Waals surface area (Å²) >= 11 is 0. The first-order valence-corrected chi connectivity index (χ1v) is 8.42. The van der Waals surface area contributed by atoms with E-state index < -0.39 is 0 Å². The van der Waals surface area contributed by atoms with Crippen molar-refractivity contribution >= 4 is 0 Å². The molecule has 0 aliphatic carbocycles. The molecule has 2 unspecified atom stereocenters. The Morgan fingerprint density at radius 1 is 1.24 bits per heavy atom. The van der Waals surface area contributed by atoms with Crippen LogP contribution in [0.3, 0.4) is 0 Å². The largest absolute Gasteiger partial charge is 0.395 e. The maximum Gasteiger partial charge on any atom is 0.0587 e. The standard InChI is InChI=1S/C18H30N2O/c1-15(12-17-10-6-3-7-11-19-17)20-18(14-21)13-16-8-4-2-5-9-16/h2,4-5,8-9,15,17-21H,3,6-7,10-14H2,1H3/t15?,17?,18-/m0/s1. The van der Waals surface area contributed by atoms with E-state index in [0.29, 0.717) is 12.1 Å². The average molecular weight is 290 g/mol. The number of aliphatic hydroxyl groups is 1. The number of benzene rings is 1. The zero-order valence-electron chi connectivity index (χ0n) is 13.2. The van der Waals surface area contributed by atoms with Gasteiger partial charge < -0.3 is 15.7 Å². The molecule has 21 heavy (non-hydrogen) atoms. The van der Waals surface area contributed by atoms with Crippen molar-refractivity contribution in [1.29, 1.82) is 0 Å². The van der Waals surface area contributed by atoms with Gasteiger partial charge in [-0.3, -0.25) is 0 Å². The van der Waals surface area contributed by atoms with Crippen LogP contribution in [0.1, 0.15) is 44.6 Å². The molecule has 0 spiro atoms. The molecule has 3 nitrogen and oxygen atoms in total. The summed E-state index contributed by atoms with van der Waals surface area (Å²) in [6.07, 6.45) is 7.33. The Morgan fingerprint density at radius 3 is 2.81 bits per heavy atom. The van der Waals surface area contributed by atoms with Gasteiger partial charge >= 0.3 is 0 Å². The molecule has 0 saturated carbocycles. The molecule has 3 heteroatoms. The Balaban J connectivity index is 1.77. The van der Waals surface area contributed by atoms with Gasteiger partial charge in [-0.25, -0.2) is 0 Å². The molecule has 3 N–H and O–H groups in total. The molecule has 1 aromatic rings. The molecule has 2 rings (SSSR count). The van der Waals surface area contributed by atoms with E-state index in [9.17, 15) is 5.11 Å². The lowest BCUT2D eigenvalue weighted by molar-refractivity contribution is 0.226. The molecule has 118 valence electrons. The Morgan fingerprint density at radius 2 is 2.05 bits per heavy atom. The topological polar surface area (TPSA) is 44.3 Å². The van der Waals surface area contributed by atoms with Crippen LogP contribution in [0.4, 0.5) is 0 Å². The van der Waals surface area contributed by atoms with Crippen molar-refractivity contribution in [1.82, 2.24) is 10.6 Å². The molecule has 1 saturated heterocycles. The van der Waals surface area contributed by atoms with Crippen LogP contribution in [-0.4, -0.2) is 36.4 Å². The SMILES string of the molecule is CC(CC1CCCCCN1)N[C@H](CO)Cc1ccccc1. The van der Waals surface area contributed by atoms with E-state index in [1.165, 1.54) is 31.2 Å². The lowest BCUT2D eigenvalue weighted by Gasteiger charge is -2.25. The van der Waals surface area contributed by atoms with E-state index in [1.54, 1.807) is 0 Å². The van der Waals surface area contributed by atoms with Gasteiger partial charge in [-0.05, 0) is 44.7 Å². The molecule has 0 amide bonds. The molecule has 0 aromatic heterocycles. The van der Waals surface area contributed by atoms with Gasteiger partial charge in [-0.1, -0.05) is 43.2 Å². The van der Waals surface area contributed by atoms with Crippen LogP contribution in [0.2, 0.25) is 0 Å². The maximum atomic E-state index is 9.61. The van der Waals surface area contributed by atoms with E-state index in [2.05, 4.69) is 41.8 Å². The quantitative estimate of drug-likeness (QED) is 0.723. The van der Waals surface area contributed by atoms with Crippen molar-refractivity contribution in [2.75, 3.05) is 13.2 Å². The van der Waals surface area contributed by atoms with Crippen molar-refractivity contribution in [2.45, 2.75) is 63.6 Å². The number of hydrogen-bond donors (Lipinski definition) is 3. The van der Waals surface area contributed by atoms with Crippen molar-refractivity contribution in [3.63, 3.8) is 0 Å². The first-order chi connectivity index (χ1) is 10.3. The third-order valence-electron chi connectivity index (χ3n) is 4.37. The van der Waals surface area contributed by atoms with Gasteiger partial charge in [-0.15, -0.1) is 0 Å². The van der Waals surface area contributed by atoms with Crippen LogP contribution in [0.25, 0.3) is 0 Å². The maximum absolute atomic E-state index is 9.61. The minimum absolute atomic E-state index is 0.146. The fraction of sp³-hybridized carbons (Fsp3) is 0.667. The smallest absolute Gasteiger partial charge is 0.0587 e. The van der Waals surface area contributed by atoms with Gasteiger partial charge in [0.25, 0.3) is 0 Å². The number of nitrogens with one attached hydrogen (secondary N) is 2. The minimum Gasteiger partial charge on any atom is -0.395 e. The van der Waals surface area contributed by atoms with Gasteiger partial charge in [0.1, 0.15) is 0 Å². The first kappa shape index (κ1) is 16.5. The van der Waals surface area contributed by atoms with Gasteiger partial charge in [0.05, 0.1) is 6.61 Å². The van der Waals surface area contributed by atoms with E-state index in [-0.39, 0.29) is 12.6 Å². The second-order valence-electron chi connectivity index (χ2n) is 6.37. The van der Waals surface area contributed by atoms with Crippen LogP contribution in [0, 0.1) is 0 Å². The first-order valence-electron chi connectivity index (χ1n) is 8.42. The van der Waals surface area contributed by atoms with E-state index >= 15 is 0 Å². The third kappa shape index (κ3) is 6.16. The van der Waals surface area contributed by atoms with Crippen molar-refractivity contribution in [2.24, 2.45) is 0 Å². The third-order valence-corrected chi connectivity index (χ3v) is 4.37. The highest BCUT2D eigenvalue weighted by atomic mass is 16.3. The Labute approximate surface area is 129 Å².